The van der Waals surface area contributed by atoms with Crippen LogP contribution in [-0.2, 0) is 0 Å². The zero-order valence-corrected chi connectivity index (χ0v) is 11.5. The summed E-state index contributed by atoms with van der Waals surface area (Å²) in [6.07, 6.45) is 3.60. The van der Waals surface area contributed by atoms with E-state index >= 15 is 0 Å². The average molecular weight is 295 g/mol. The van der Waals surface area contributed by atoms with E-state index in [1.807, 2.05) is 10.7 Å². The summed E-state index contributed by atoms with van der Waals surface area (Å²) in [7, 11) is 0. The molecule has 2 aromatic rings. The van der Waals surface area contributed by atoms with Gasteiger partial charge in [0.15, 0.2) is 5.82 Å². The van der Waals surface area contributed by atoms with E-state index in [1.165, 1.54) is 0 Å². The molecule has 4 nitrogen and oxygen atoms in total. The molecule has 0 atom stereocenters. The van der Waals surface area contributed by atoms with Gasteiger partial charge in [-0.1, -0.05) is 36.4 Å². The van der Waals surface area contributed by atoms with E-state index in [1.54, 1.807) is 6.20 Å². The largest absolute Gasteiger partial charge is 0.364 e. The van der Waals surface area contributed by atoms with Crippen molar-refractivity contribution in [2.45, 2.75) is 19.8 Å². The topological polar surface area (TPSA) is 42.2 Å². The van der Waals surface area contributed by atoms with Crippen LogP contribution in [0, 0.1) is 0 Å². The van der Waals surface area contributed by atoms with Gasteiger partial charge in [0, 0.05) is 23.4 Å². The molecular weight excluding hydrogens is 280 g/mol. The minimum absolute atomic E-state index is 0.411. The molecule has 0 aliphatic carbocycles. The molecular formula is C12H15BrN4. The second-order valence-electron chi connectivity index (χ2n) is 4.20. The fraction of sp³-hybridized carbons (Fsp3) is 0.333. The zero-order chi connectivity index (χ0) is 12.4. The number of hydrogen-bond acceptors (Lipinski definition) is 3. The zero-order valence-electron chi connectivity index (χ0n) is 9.94. The number of hydrogen-bond donors (Lipinski definition) is 1. The molecule has 0 spiro atoms. The van der Waals surface area contributed by atoms with Crippen molar-refractivity contribution in [3.05, 3.63) is 35.2 Å². The summed E-state index contributed by atoms with van der Waals surface area (Å²) in [6.45, 7) is 8.69. The molecule has 0 unspecified atom stereocenters. The monoisotopic (exact) mass is 294 g/mol. The molecule has 0 bridgehead atoms. The van der Waals surface area contributed by atoms with E-state index in [0.717, 1.165) is 21.5 Å². The van der Waals surface area contributed by atoms with Crippen molar-refractivity contribution in [3.8, 4) is 0 Å². The Labute approximate surface area is 109 Å². The average Bonchev–Trinajstić information content (AvgIpc) is 2.70. The Balaban J connectivity index is 2.38. The standard InChI is InChI=1S/C12H15BrN4/c1-8(2)10-6-11-12(15-7-9(3)13)14-4-5-17(11)16-10/h4-6,8H,3,7H2,1-2H3,(H,14,15). The molecule has 2 heterocycles. The second kappa shape index (κ2) is 4.87. The fourth-order valence-electron chi connectivity index (χ4n) is 1.54. The Bertz CT molecular complexity index is 544. The summed E-state index contributed by atoms with van der Waals surface area (Å²) >= 11 is 3.32. The third-order valence-corrected chi connectivity index (χ3v) is 2.73. The summed E-state index contributed by atoms with van der Waals surface area (Å²) in [5.74, 6) is 1.24. The van der Waals surface area contributed by atoms with Crippen LogP contribution < -0.4 is 5.32 Å². The van der Waals surface area contributed by atoms with Gasteiger partial charge in [-0.15, -0.1) is 0 Å². The van der Waals surface area contributed by atoms with Crippen LogP contribution in [0.1, 0.15) is 25.5 Å². The van der Waals surface area contributed by atoms with Crippen molar-refractivity contribution in [1.82, 2.24) is 14.6 Å². The van der Waals surface area contributed by atoms with Gasteiger partial charge in [0.2, 0.25) is 0 Å². The molecule has 0 fully saturated rings. The maximum Gasteiger partial charge on any atom is 0.152 e. The molecule has 0 saturated heterocycles. The number of anilines is 1. The van der Waals surface area contributed by atoms with Crippen molar-refractivity contribution in [1.29, 1.82) is 0 Å². The van der Waals surface area contributed by atoms with Gasteiger partial charge in [-0.25, -0.2) is 9.50 Å². The highest BCUT2D eigenvalue weighted by Gasteiger charge is 2.09. The van der Waals surface area contributed by atoms with Crippen molar-refractivity contribution in [2.24, 2.45) is 0 Å². The first-order valence-electron chi connectivity index (χ1n) is 5.49. The lowest BCUT2D eigenvalue weighted by Crippen LogP contribution is -2.04. The van der Waals surface area contributed by atoms with E-state index in [9.17, 15) is 0 Å². The third-order valence-electron chi connectivity index (χ3n) is 2.45. The van der Waals surface area contributed by atoms with Gasteiger partial charge >= 0.3 is 0 Å². The Hall–Kier alpha value is -1.36. The van der Waals surface area contributed by atoms with Gasteiger partial charge in [-0.05, 0) is 12.0 Å². The van der Waals surface area contributed by atoms with E-state index in [0.29, 0.717) is 12.5 Å². The predicted molar refractivity (Wildman–Crippen MR) is 73.6 cm³/mol. The number of nitrogens with one attached hydrogen (secondary N) is 1. The van der Waals surface area contributed by atoms with Gasteiger partial charge in [0.25, 0.3) is 0 Å². The summed E-state index contributed by atoms with van der Waals surface area (Å²) in [6, 6.07) is 2.07. The first kappa shape index (κ1) is 12.1. The highest BCUT2D eigenvalue weighted by molar-refractivity contribution is 9.11. The summed E-state index contributed by atoms with van der Waals surface area (Å²) in [5, 5.41) is 7.72. The summed E-state index contributed by atoms with van der Waals surface area (Å²) in [5.41, 5.74) is 2.06. The van der Waals surface area contributed by atoms with Crippen LogP contribution in [0.5, 0.6) is 0 Å². The smallest absolute Gasteiger partial charge is 0.152 e. The van der Waals surface area contributed by atoms with Crippen molar-refractivity contribution in [2.75, 3.05) is 11.9 Å². The molecule has 17 heavy (non-hydrogen) atoms. The molecule has 90 valence electrons. The van der Waals surface area contributed by atoms with E-state index < -0.39 is 0 Å². The van der Waals surface area contributed by atoms with Gasteiger partial charge in [0.05, 0.1) is 5.69 Å². The molecule has 0 aliphatic heterocycles. The molecule has 2 rings (SSSR count). The van der Waals surface area contributed by atoms with Crippen LogP contribution >= 0.6 is 15.9 Å². The second-order valence-corrected chi connectivity index (χ2v) is 5.32. The SMILES string of the molecule is C=C(Br)CNc1nccn2nc(C(C)C)cc12. The Morgan fingerprint density at radius 3 is 3.00 bits per heavy atom. The van der Waals surface area contributed by atoms with Crippen LogP contribution in [0.2, 0.25) is 0 Å². The normalized spacial score (nSPS) is 11.1. The van der Waals surface area contributed by atoms with Crippen molar-refractivity contribution < 1.29 is 0 Å². The number of rotatable bonds is 4. The molecule has 1 N–H and O–H groups in total. The minimum atomic E-state index is 0.411. The maximum atomic E-state index is 4.50. The van der Waals surface area contributed by atoms with Crippen molar-refractivity contribution >= 4 is 27.3 Å². The van der Waals surface area contributed by atoms with E-state index in [-0.39, 0.29) is 0 Å². The Morgan fingerprint density at radius 2 is 2.35 bits per heavy atom. The van der Waals surface area contributed by atoms with Crippen LogP contribution in [0.25, 0.3) is 5.52 Å². The van der Waals surface area contributed by atoms with Crippen LogP contribution in [0.3, 0.4) is 0 Å². The molecule has 0 amide bonds. The lowest BCUT2D eigenvalue weighted by Gasteiger charge is -2.04. The van der Waals surface area contributed by atoms with Gasteiger partial charge < -0.3 is 5.32 Å². The third kappa shape index (κ3) is 2.66. The van der Waals surface area contributed by atoms with Crippen LogP contribution in [-0.4, -0.2) is 21.1 Å². The van der Waals surface area contributed by atoms with Crippen LogP contribution in [0.15, 0.2) is 29.5 Å². The Morgan fingerprint density at radius 1 is 1.59 bits per heavy atom. The molecule has 0 aliphatic rings. The minimum Gasteiger partial charge on any atom is -0.364 e. The maximum absolute atomic E-state index is 4.50. The van der Waals surface area contributed by atoms with Crippen LogP contribution in [0.4, 0.5) is 5.82 Å². The predicted octanol–water partition coefficient (Wildman–Crippen LogP) is 3.17. The van der Waals surface area contributed by atoms with Gasteiger partial charge in [-0.2, -0.15) is 5.10 Å². The highest BCUT2D eigenvalue weighted by Crippen LogP contribution is 2.20. The number of fused-ring (bicyclic) bond motifs is 1. The number of halogens is 1. The summed E-state index contributed by atoms with van der Waals surface area (Å²) in [4.78, 5) is 4.32. The number of nitrogens with zero attached hydrogens (tertiary/aromatic N) is 3. The number of aromatic nitrogens is 3. The highest BCUT2D eigenvalue weighted by atomic mass is 79.9. The van der Waals surface area contributed by atoms with E-state index in [4.69, 9.17) is 0 Å². The molecule has 0 radical (unpaired) electrons. The molecule has 0 saturated carbocycles. The fourth-order valence-corrected chi connectivity index (χ4v) is 1.68. The molecule has 2 aromatic heterocycles. The van der Waals surface area contributed by atoms with Crippen molar-refractivity contribution in [3.63, 3.8) is 0 Å². The lowest BCUT2D eigenvalue weighted by molar-refractivity contribution is 0.787. The summed E-state index contributed by atoms with van der Waals surface area (Å²) < 4.78 is 2.74. The first-order valence-corrected chi connectivity index (χ1v) is 6.28. The van der Waals surface area contributed by atoms with E-state index in [2.05, 4.69) is 57.8 Å². The van der Waals surface area contributed by atoms with Gasteiger partial charge in [0.1, 0.15) is 5.52 Å². The van der Waals surface area contributed by atoms with Gasteiger partial charge in [-0.3, -0.25) is 0 Å². The quantitative estimate of drug-likeness (QED) is 0.942. The molecule has 0 aromatic carbocycles. The molecule has 5 heteroatoms. The first-order chi connectivity index (χ1) is 8.08. The Kier molecular flexibility index (Phi) is 3.47. The lowest BCUT2D eigenvalue weighted by atomic mass is 10.1.